The second kappa shape index (κ2) is 11.0. The summed E-state index contributed by atoms with van der Waals surface area (Å²) in [7, 11) is 0. The SMILES string of the molecule is CC1(CCCOc2ccc(NC(=O)CBr)cc2)N=C(N)N=C(N)N1c1ccccc1.Cl. The second-order valence-corrected chi connectivity index (χ2v) is 7.55. The lowest BCUT2D eigenvalue weighted by Crippen LogP contribution is -2.56. The molecule has 0 fully saturated rings. The van der Waals surface area contributed by atoms with Crippen LogP contribution in [0.3, 0.4) is 0 Å². The van der Waals surface area contributed by atoms with E-state index in [0.717, 1.165) is 23.5 Å². The van der Waals surface area contributed by atoms with E-state index < -0.39 is 5.66 Å². The standard InChI is InChI=1S/C21H25BrN6O2.ClH/c1-21(27-19(23)26-20(24)28(21)16-6-3-2-4-7-16)12-5-13-30-17-10-8-15(9-11-17)25-18(29)14-22;/h2-4,6-11H,5,12-14H2,1H3,(H,25,29)(H4,23,24,26,27);1H. The minimum Gasteiger partial charge on any atom is -0.494 e. The van der Waals surface area contributed by atoms with Gasteiger partial charge >= 0.3 is 0 Å². The summed E-state index contributed by atoms with van der Waals surface area (Å²) in [5.74, 6) is 1.11. The Labute approximate surface area is 196 Å². The van der Waals surface area contributed by atoms with Crippen LogP contribution in [0.5, 0.6) is 5.75 Å². The van der Waals surface area contributed by atoms with Gasteiger partial charge in [0.1, 0.15) is 11.4 Å². The van der Waals surface area contributed by atoms with Gasteiger partial charge in [0, 0.05) is 11.4 Å². The van der Waals surface area contributed by atoms with Crippen LogP contribution in [0.25, 0.3) is 0 Å². The summed E-state index contributed by atoms with van der Waals surface area (Å²) in [5, 5.41) is 3.02. The van der Waals surface area contributed by atoms with E-state index in [2.05, 4.69) is 31.2 Å². The van der Waals surface area contributed by atoms with E-state index >= 15 is 0 Å². The number of hydrogen-bond donors (Lipinski definition) is 3. The van der Waals surface area contributed by atoms with Gasteiger partial charge in [-0.1, -0.05) is 34.1 Å². The van der Waals surface area contributed by atoms with Crippen LogP contribution in [-0.4, -0.2) is 35.4 Å². The number of hydrogen-bond acceptors (Lipinski definition) is 7. The van der Waals surface area contributed by atoms with Gasteiger partial charge in [0.2, 0.25) is 17.8 Å². The van der Waals surface area contributed by atoms with Crippen molar-refractivity contribution in [2.24, 2.45) is 21.5 Å². The van der Waals surface area contributed by atoms with Crippen molar-refractivity contribution in [3.05, 3.63) is 54.6 Å². The van der Waals surface area contributed by atoms with Gasteiger partial charge in [-0.3, -0.25) is 9.69 Å². The Morgan fingerprint density at radius 1 is 1.16 bits per heavy atom. The lowest BCUT2D eigenvalue weighted by atomic mass is 10.0. The molecular formula is C21H26BrClN6O2. The Kier molecular flexibility index (Phi) is 8.70. The average Bonchev–Trinajstić information content (AvgIpc) is 2.72. The summed E-state index contributed by atoms with van der Waals surface area (Å²) >= 11 is 3.12. The van der Waals surface area contributed by atoms with E-state index in [4.69, 9.17) is 16.2 Å². The average molecular weight is 510 g/mol. The fourth-order valence-corrected chi connectivity index (χ4v) is 3.46. The highest BCUT2D eigenvalue weighted by Crippen LogP contribution is 2.31. The van der Waals surface area contributed by atoms with Crippen LogP contribution >= 0.6 is 28.3 Å². The Balaban J connectivity index is 0.00000341. The number of alkyl halides is 1. The zero-order valence-corrected chi connectivity index (χ0v) is 19.5. The fraction of sp³-hybridized carbons (Fsp3) is 0.286. The van der Waals surface area contributed by atoms with E-state index in [9.17, 15) is 4.79 Å². The molecule has 1 unspecified atom stereocenters. The number of aliphatic imine (C=N–C) groups is 2. The van der Waals surface area contributed by atoms with Crippen molar-refractivity contribution in [3.8, 4) is 5.75 Å². The van der Waals surface area contributed by atoms with Crippen LogP contribution in [0.1, 0.15) is 19.8 Å². The number of halogens is 2. The van der Waals surface area contributed by atoms with Crippen LogP contribution < -0.4 is 26.4 Å². The molecular weight excluding hydrogens is 484 g/mol. The number of benzene rings is 2. The highest BCUT2D eigenvalue weighted by atomic mass is 79.9. The Morgan fingerprint density at radius 3 is 2.48 bits per heavy atom. The smallest absolute Gasteiger partial charge is 0.235 e. The van der Waals surface area contributed by atoms with E-state index in [0.29, 0.717) is 19.0 Å². The van der Waals surface area contributed by atoms with Gasteiger partial charge in [0.25, 0.3) is 0 Å². The van der Waals surface area contributed by atoms with Crippen molar-refractivity contribution < 1.29 is 9.53 Å². The van der Waals surface area contributed by atoms with Crippen molar-refractivity contribution in [1.82, 2.24) is 0 Å². The van der Waals surface area contributed by atoms with E-state index in [1.807, 2.05) is 54.3 Å². The van der Waals surface area contributed by atoms with E-state index in [-0.39, 0.29) is 29.6 Å². The van der Waals surface area contributed by atoms with Crippen LogP contribution in [-0.2, 0) is 4.79 Å². The van der Waals surface area contributed by atoms with Crippen molar-refractivity contribution in [2.75, 3.05) is 22.2 Å². The number of nitrogens with two attached hydrogens (primary N) is 2. The van der Waals surface area contributed by atoms with Gasteiger partial charge in [0.05, 0.1) is 11.9 Å². The quantitative estimate of drug-likeness (QED) is 0.372. The molecule has 8 nitrogen and oxygen atoms in total. The van der Waals surface area contributed by atoms with Gasteiger partial charge in [-0.25, -0.2) is 4.99 Å². The minimum absolute atomic E-state index is 0. The second-order valence-electron chi connectivity index (χ2n) is 6.99. The van der Waals surface area contributed by atoms with Gasteiger partial charge in [-0.2, -0.15) is 4.99 Å². The number of nitrogens with zero attached hydrogens (tertiary/aromatic N) is 3. The topological polar surface area (TPSA) is 118 Å². The summed E-state index contributed by atoms with van der Waals surface area (Å²) in [4.78, 5) is 22.0. The molecule has 5 N–H and O–H groups in total. The maximum Gasteiger partial charge on any atom is 0.235 e. The van der Waals surface area contributed by atoms with Crippen molar-refractivity contribution in [3.63, 3.8) is 0 Å². The molecule has 0 saturated carbocycles. The number of carbonyl (C=O) groups is 1. The number of amides is 1. The number of anilines is 2. The number of guanidine groups is 2. The summed E-state index contributed by atoms with van der Waals surface area (Å²) in [6.45, 7) is 2.48. The third kappa shape index (κ3) is 6.35. The highest BCUT2D eigenvalue weighted by Gasteiger charge is 2.37. The molecule has 0 spiro atoms. The Bertz CT molecular complexity index is 939. The molecule has 2 aromatic carbocycles. The first-order valence-corrected chi connectivity index (χ1v) is 10.7. The first-order chi connectivity index (χ1) is 14.4. The molecule has 31 heavy (non-hydrogen) atoms. The Hall–Kier alpha value is -2.78. The molecule has 1 aliphatic heterocycles. The molecule has 0 saturated heterocycles. The zero-order valence-electron chi connectivity index (χ0n) is 17.1. The third-order valence-electron chi connectivity index (χ3n) is 4.63. The monoisotopic (exact) mass is 508 g/mol. The van der Waals surface area contributed by atoms with Crippen molar-refractivity contribution >= 4 is 57.5 Å². The maximum absolute atomic E-state index is 11.4. The molecule has 166 valence electrons. The summed E-state index contributed by atoms with van der Waals surface area (Å²) < 4.78 is 5.84. The normalized spacial score (nSPS) is 17.8. The highest BCUT2D eigenvalue weighted by molar-refractivity contribution is 9.09. The lowest BCUT2D eigenvalue weighted by molar-refractivity contribution is -0.113. The van der Waals surface area contributed by atoms with Crippen LogP contribution in [0.2, 0.25) is 0 Å². The lowest BCUT2D eigenvalue weighted by Gasteiger charge is -2.41. The van der Waals surface area contributed by atoms with Crippen LogP contribution in [0.15, 0.2) is 64.6 Å². The first-order valence-electron chi connectivity index (χ1n) is 9.55. The number of ether oxygens (including phenoxy) is 1. The minimum atomic E-state index is -0.662. The van der Waals surface area contributed by atoms with Crippen LogP contribution in [0.4, 0.5) is 11.4 Å². The molecule has 10 heteroatoms. The molecule has 1 heterocycles. The number of carbonyl (C=O) groups excluding carboxylic acids is 1. The first kappa shape index (κ1) is 24.5. The predicted octanol–water partition coefficient (Wildman–Crippen LogP) is 3.47. The fourth-order valence-electron chi connectivity index (χ4n) is 3.32. The molecule has 1 aliphatic rings. The van der Waals surface area contributed by atoms with Crippen molar-refractivity contribution in [1.29, 1.82) is 0 Å². The van der Waals surface area contributed by atoms with E-state index in [1.54, 1.807) is 12.1 Å². The van der Waals surface area contributed by atoms with Gasteiger partial charge < -0.3 is 21.5 Å². The zero-order chi connectivity index (χ0) is 21.6. The largest absolute Gasteiger partial charge is 0.494 e. The number of rotatable bonds is 8. The number of para-hydroxylation sites is 1. The van der Waals surface area contributed by atoms with Gasteiger partial charge in [0.15, 0.2) is 0 Å². The molecule has 1 amide bonds. The summed E-state index contributed by atoms with van der Waals surface area (Å²) in [6.07, 6.45) is 1.39. The molecule has 0 radical (unpaired) electrons. The number of nitrogens with one attached hydrogen (secondary N) is 1. The third-order valence-corrected chi connectivity index (χ3v) is 5.14. The molecule has 0 bridgehead atoms. The van der Waals surface area contributed by atoms with E-state index in [1.165, 1.54) is 0 Å². The maximum atomic E-state index is 11.4. The molecule has 3 rings (SSSR count). The predicted molar refractivity (Wildman–Crippen MR) is 131 cm³/mol. The molecule has 1 atom stereocenters. The van der Waals surface area contributed by atoms with Gasteiger partial charge in [-0.15, -0.1) is 12.4 Å². The molecule has 0 aromatic heterocycles. The molecule has 0 aliphatic carbocycles. The molecule has 2 aromatic rings. The van der Waals surface area contributed by atoms with Crippen molar-refractivity contribution in [2.45, 2.75) is 25.4 Å². The van der Waals surface area contributed by atoms with Gasteiger partial charge in [-0.05, 0) is 56.2 Å². The Morgan fingerprint density at radius 2 is 1.84 bits per heavy atom. The van der Waals surface area contributed by atoms with Crippen LogP contribution in [0, 0.1) is 0 Å². The summed E-state index contributed by atoms with van der Waals surface area (Å²) in [5.41, 5.74) is 13.0. The summed E-state index contributed by atoms with van der Waals surface area (Å²) in [6, 6.07) is 17.0.